The van der Waals surface area contributed by atoms with Gasteiger partial charge in [-0.15, -0.1) is 11.8 Å². The minimum atomic E-state index is -0.559. The quantitative estimate of drug-likeness (QED) is 0.503. The van der Waals surface area contributed by atoms with E-state index in [0.717, 1.165) is 22.6 Å². The number of hydrogen-bond donors (Lipinski definition) is 1. The number of thioether (sulfide) groups is 1. The van der Waals surface area contributed by atoms with Crippen LogP contribution in [0.25, 0.3) is 0 Å². The van der Waals surface area contributed by atoms with Gasteiger partial charge in [-0.1, -0.05) is 30.7 Å². The molecule has 0 saturated heterocycles. The van der Waals surface area contributed by atoms with Gasteiger partial charge in [-0.25, -0.2) is 0 Å². The maximum atomic E-state index is 13.0. The first-order valence-corrected chi connectivity index (χ1v) is 11.4. The van der Waals surface area contributed by atoms with E-state index >= 15 is 0 Å². The number of benzene rings is 2. The molecule has 0 bridgehead atoms. The van der Waals surface area contributed by atoms with Crippen molar-refractivity contribution in [2.24, 2.45) is 0 Å². The van der Waals surface area contributed by atoms with Gasteiger partial charge in [-0.05, 0) is 55.3 Å². The predicted molar refractivity (Wildman–Crippen MR) is 123 cm³/mol. The number of nitrogens with one attached hydrogen (secondary N) is 1. The Labute approximate surface area is 188 Å². The number of rotatable bonds is 11. The second-order valence-corrected chi connectivity index (χ2v) is 8.50. The lowest BCUT2D eigenvalue weighted by Gasteiger charge is -2.29. The predicted octanol–water partition coefficient (Wildman–Crippen LogP) is 4.77. The van der Waals surface area contributed by atoms with Crippen LogP contribution in [0.15, 0.2) is 53.4 Å². The third kappa shape index (κ3) is 7.58. The van der Waals surface area contributed by atoms with Gasteiger partial charge < -0.3 is 15.0 Å². The van der Waals surface area contributed by atoms with Gasteiger partial charge in [0.15, 0.2) is 0 Å². The molecule has 0 spiro atoms. The second kappa shape index (κ2) is 12.5. The number of carbonyl (C=O) groups is 2. The van der Waals surface area contributed by atoms with Crippen LogP contribution in [-0.2, 0) is 16.1 Å². The molecule has 0 unspecified atom stereocenters. The first-order chi connectivity index (χ1) is 14.4. The fourth-order valence-electron chi connectivity index (χ4n) is 2.88. The summed E-state index contributed by atoms with van der Waals surface area (Å²) < 4.78 is 5.28. The van der Waals surface area contributed by atoms with E-state index in [-0.39, 0.29) is 11.8 Å². The molecule has 162 valence electrons. The summed E-state index contributed by atoms with van der Waals surface area (Å²) in [5.74, 6) is 1.15. The van der Waals surface area contributed by atoms with Crippen molar-refractivity contribution in [3.8, 4) is 5.75 Å². The highest BCUT2D eigenvalue weighted by molar-refractivity contribution is 7.99. The summed E-state index contributed by atoms with van der Waals surface area (Å²) in [6.07, 6.45) is 1.18. The molecule has 1 N–H and O–H groups in total. The summed E-state index contributed by atoms with van der Waals surface area (Å²) in [6.45, 7) is 4.71. The van der Waals surface area contributed by atoms with Crippen molar-refractivity contribution < 1.29 is 14.3 Å². The standard InChI is InChI=1S/C23H29ClN2O3S/c1-4-13-25-23(28)17(2)26(16-18-6-5-7-20(15-18)29-3)22(27)12-14-30-21-10-8-19(24)9-11-21/h5-11,15,17H,4,12-14,16H2,1-3H3,(H,25,28)/t17-/m0/s1. The van der Waals surface area contributed by atoms with Crippen LogP contribution in [-0.4, -0.2) is 42.2 Å². The Morgan fingerprint density at radius 3 is 2.60 bits per heavy atom. The van der Waals surface area contributed by atoms with Gasteiger partial charge in [-0.2, -0.15) is 0 Å². The average molecular weight is 449 g/mol. The van der Waals surface area contributed by atoms with Crippen molar-refractivity contribution in [1.82, 2.24) is 10.2 Å². The van der Waals surface area contributed by atoms with E-state index in [1.807, 2.05) is 55.5 Å². The molecule has 0 aliphatic carbocycles. The lowest BCUT2D eigenvalue weighted by atomic mass is 10.1. The maximum absolute atomic E-state index is 13.0. The molecular weight excluding hydrogens is 420 g/mol. The van der Waals surface area contributed by atoms with Gasteiger partial charge in [-0.3, -0.25) is 9.59 Å². The number of carbonyl (C=O) groups excluding carboxylic acids is 2. The molecule has 0 aliphatic rings. The number of halogens is 1. The van der Waals surface area contributed by atoms with Gasteiger partial charge in [0, 0.05) is 35.2 Å². The molecule has 0 fully saturated rings. The van der Waals surface area contributed by atoms with Crippen LogP contribution in [0.2, 0.25) is 5.02 Å². The highest BCUT2D eigenvalue weighted by Crippen LogP contribution is 2.22. The van der Waals surface area contributed by atoms with Crippen molar-refractivity contribution in [2.75, 3.05) is 19.4 Å². The van der Waals surface area contributed by atoms with Crippen LogP contribution < -0.4 is 10.1 Å². The topological polar surface area (TPSA) is 58.6 Å². The highest BCUT2D eigenvalue weighted by atomic mass is 35.5. The molecule has 0 saturated carbocycles. The highest BCUT2D eigenvalue weighted by Gasteiger charge is 2.25. The van der Waals surface area contributed by atoms with E-state index in [1.165, 1.54) is 0 Å². The van der Waals surface area contributed by atoms with Gasteiger partial charge >= 0.3 is 0 Å². The Hall–Kier alpha value is -2.18. The molecule has 0 aliphatic heterocycles. The number of amides is 2. The Morgan fingerprint density at radius 1 is 1.20 bits per heavy atom. The zero-order valence-electron chi connectivity index (χ0n) is 17.7. The van der Waals surface area contributed by atoms with Crippen molar-refractivity contribution >= 4 is 35.2 Å². The van der Waals surface area contributed by atoms with Gasteiger partial charge in [0.2, 0.25) is 11.8 Å². The van der Waals surface area contributed by atoms with Crippen molar-refractivity contribution in [3.63, 3.8) is 0 Å². The molecular formula is C23H29ClN2O3S. The Kier molecular flexibility index (Phi) is 10.0. The molecule has 0 radical (unpaired) electrons. The molecule has 1 atom stereocenters. The summed E-state index contributed by atoms with van der Waals surface area (Å²) in [5, 5.41) is 3.57. The molecule has 2 rings (SSSR count). The largest absolute Gasteiger partial charge is 0.497 e. The summed E-state index contributed by atoms with van der Waals surface area (Å²) in [4.78, 5) is 28.3. The van der Waals surface area contributed by atoms with Crippen LogP contribution in [0, 0.1) is 0 Å². The van der Waals surface area contributed by atoms with Crippen LogP contribution in [0.1, 0.15) is 32.3 Å². The van der Waals surface area contributed by atoms with Crippen LogP contribution >= 0.6 is 23.4 Å². The Morgan fingerprint density at radius 2 is 1.93 bits per heavy atom. The van der Waals surface area contributed by atoms with Gasteiger partial charge in [0.25, 0.3) is 0 Å². The molecule has 2 aromatic carbocycles. The van der Waals surface area contributed by atoms with Crippen molar-refractivity contribution in [1.29, 1.82) is 0 Å². The third-order valence-electron chi connectivity index (χ3n) is 4.60. The molecule has 0 heterocycles. The smallest absolute Gasteiger partial charge is 0.242 e. The number of ether oxygens (including phenoxy) is 1. The van der Waals surface area contributed by atoms with E-state index in [1.54, 1.807) is 30.7 Å². The lowest BCUT2D eigenvalue weighted by Crippen LogP contribution is -2.47. The minimum Gasteiger partial charge on any atom is -0.497 e. The maximum Gasteiger partial charge on any atom is 0.242 e. The molecule has 5 nitrogen and oxygen atoms in total. The van der Waals surface area contributed by atoms with Crippen LogP contribution in [0.5, 0.6) is 5.75 Å². The molecule has 7 heteroatoms. The first-order valence-electron chi connectivity index (χ1n) is 10.0. The second-order valence-electron chi connectivity index (χ2n) is 6.89. The molecule has 30 heavy (non-hydrogen) atoms. The Bertz CT molecular complexity index is 829. The SMILES string of the molecule is CCCNC(=O)[C@H](C)N(Cc1cccc(OC)c1)C(=O)CCSc1ccc(Cl)cc1. The lowest BCUT2D eigenvalue weighted by molar-refractivity contribution is -0.140. The van der Waals surface area contributed by atoms with E-state index in [4.69, 9.17) is 16.3 Å². The first kappa shape index (κ1) is 24.1. The van der Waals surface area contributed by atoms with Gasteiger partial charge in [0.1, 0.15) is 11.8 Å². The summed E-state index contributed by atoms with van der Waals surface area (Å²) in [7, 11) is 1.61. The normalized spacial score (nSPS) is 11.6. The molecule has 0 aromatic heterocycles. The molecule has 2 aromatic rings. The fraction of sp³-hybridized carbons (Fsp3) is 0.391. The van der Waals surface area contributed by atoms with Crippen LogP contribution in [0.3, 0.4) is 0 Å². The molecule has 2 amide bonds. The summed E-state index contributed by atoms with van der Waals surface area (Å²) in [5.41, 5.74) is 0.920. The van der Waals surface area contributed by atoms with E-state index in [2.05, 4.69) is 5.32 Å². The monoisotopic (exact) mass is 448 g/mol. The third-order valence-corrected chi connectivity index (χ3v) is 5.87. The van der Waals surface area contributed by atoms with Gasteiger partial charge in [0.05, 0.1) is 7.11 Å². The average Bonchev–Trinajstić information content (AvgIpc) is 2.76. The van der Waals surface area contributed by atoms with E-state index < -0.39 is 6.04 Å². The number of nitrogens with zero attached hydrogens (tertiary/aromatic N) is 1. The summed E-state index contributed by atoms with van der Waals surface area (Å²) in [6, 6.07) is 14.5. The van der Waals surface area contributed by atoms with Crippen LogP contribution in [0.4, 0.5) is 0 Å². The van der Waals surface area contributed by atoms with Crippen molar-refractivity contribution in [3.05, 3.63) is 59.1 Å². The summed E-state index contributed by atoms with van der Waals surface area (Å²) >= 11 is 7.51. The fourth-order valence-corrected chi connectivity index (χ4v) is 3.84. The number of hydrogen-bond acceptors (Lipinski definition) is 4. The minimum absolute atomic E-state index is 0.0570. The zero-order chi connectivity index (χ0) is 21.9. The zero-order valence-corrected chi connectivity index (χ0v) is 19.3. The number of methoxy groups -OCH3 is 1. The Balaban J connectivity index is 2.06. The van der Waals surface area contributed by atoms with Crippen molar-refractivity contribution in [2.45, 2.75) is 44.2 Å². The van der Waals surface area contributed by atoms with E-state index in [9.17, 15) is 9.59 Å². The van der Waals surface area contributed by atoms with E-state index in [0.29, 0.717) is 30.3 Å².